The second kappa shape index (κ2) is 8.39. The molecule has 1 aromatic carbocycles. The highest BCUT2D eigenvalue weighted by atomic mass is 16.5. The van der Waals surface area contributed by atoms with Gasteiger partial charge >= 0.3 is 0 Å². The van der Waals surface area contributed by atoms with Crippen molar-refractivity contribution in [1.82, 2.24) is 4.90 Å². The fourth-order valence-electron chi connectivity index (χ4n) is 2.97. The largest absolute Gasteiger partial charge is 0.489 e. The Morgan fingerprint density at radius 3 is 2.55 bits per heavy atom. The van der Waals surface area contributed by atoms with Gasteiger partial charge in [0.1, 0.15) is 18.5 Å². The summed E-state index contributed by atoms with van der Waals surface area (Å²) in [5.41, 5.74) is 2.36. The van der Waals surface area contributed by atoms with Crippen LogP contribution in [0.15, 0.2) is 18.2 Å². The highest BCUT2D eigenvalue weighted by molar-refractivity contribution is 5.60. The summed E-state index contributed by atoms with van der Waals surface area (Å²) in [7, 11) is 0. The number of anilines is 1. The average Bonchev–Trinajstić information content (AvgIpc) is 3.04. The molecule has 22 heavy (non-hydrogen) atoms. The smallest absolute Gasteiger partial charge is 0.142 e. The van der Waals surface area contributed by atoms with Crippen molar-refractivity contribution in [1.29, 1.82) is 0 Å². The molecule has 4 heteroatoms. The van der Waals surface area contributed by atoms with Crippen molar-refractivity contribution in [2.45, 2.75) is 39.7 Å². The van der Waals surface area contributed by atoms with Gasteiger partial charge < -0.3 is 19.6 Å². The van der Waals surface area contributed by atoms with Gasteiger partial charge in [0.05, 0.1) is 5.69 Å². The first-order valence-electron chi connectivity index (χ1n) is 8.52. The zero-order valence-corrected chi connectivity index (χ0v) is 14.2. The molecule has 0 aliphatic carbocycles. The van der Waals surface area contributed by atoms with E-state index in [2.05, 4.69) is 48.8 Å². The molecule has 0 bridgehead atoms. The van der Waals surface area contributed by atoms with E-state index in [1.54, 1.807) is 0 Å². The highest BCUT2D eigenvalue weighted by Gasteiger charge is 2.18. The Morgan fingerprint density at radius 1 is 1.23 bits per heavy atom. The lowest BCUT2D eigenvalue weighted by Crippen LogP contribution is -2.35. The first-order chi connectivity index (χ1) is 10.6. The molecule has 1 aliphatic heterocycles. The lowest BCUT2D eigenvalue weighted by Gasteiger charge is -2.24. The number of aliphatic hydroxyl groups is 1. The zero-order valence-electron chi connectivity index (χ0n) is 14.2. The lowest BCUT2D eigenvalue weighted by molar-refractivity contribution is 0.0718. The van der Waals surface area contributed by atoms with Gasteiger partial charge in [-0.2, -0.15) is 0 Å². The third kappa shape index (κ3) is 4.62. The van der Waals surface area contributed by atoms with E-state index in [-0.39, 0.29) is 0 Å². The Labute approximate surface area is 134 Å². The molecule has 1 N–H and O–H groups in total. The minimum atomic E-state index is -0.452. The van der Waals surface area contributed by atoms with E-state index < -0.39 is 6.10 Å². The summed E-state index contributed by atoms with van der Waals surface area (Å²) >= 11 is 0. The van der Waals surface area contributed by atoms with Crippen LogP contribution in [0.2, 0.25) is 0 Å². The van der Waals surface area contributed by atoms with Crippen molar-refractivity contribution in [2.24, 2.45) is 0 Å². The lowest BCUT2D eigenvalue weighted by atomic mass is 10.2. The predicted molar refractivity (Wildman–Crippen MR) is 91.9 cm³/mol. The molecule has 0 aromatic heterocycles. The van der Waals surface area contributed by atoms with Gasteiger partial charge in [-0.1, -0.05) is 19.9 Å². The van der Waals surface area contributed by atoms with Crippen LogP contribution in [0.3, 0.4) is 0 Å². The topological polar surface area (TPSA) is 35.9 Å². The minimum absolute atomic E-state index is 0.348. The van der Waals surface area contributed by atoms with Crippen molar-refractivity contribution in [3.05, 3.63) is 23.8 Å². The zero-order chi connectivity index (χ0) is 15.9. The molecule has 1 aromatic rings. The van der Waals surface area contributed by atoms with Crippen LogP contribution in [0.1, 0.15) is 32.3 Å². The number of ether oxygens (including phenoxy) is 1. The quantitative estimate of drug-likeness (QED) is 0.801. The summed E-state index contributed by atoms with van der Waals surface area (Å²) in [4.78, 5) is 4.59. The highest BCUT2D eigenvalue weighted by Crippen LogP contribution is 2.32. The van der Waals surface area contributed by atoms with Gasteiger partial charge in [0.25, 0.3) is 0 Å². The van der Waals surface area contributed by atoms with Crippen LogP contribution in [0, 0.1) is 6.92 Å². The maximum Gasteiger partial charge on any atom is 0.142 e. The number of rotatable bonds is 8. The van der Waals surface area contributed by atoms with Gasteiger partial charge in [0, 0.05) is 19.6 Å². The second-order valence-corrected chi connectivity index (χ2v) is 6.12. The molecular weight excluding hydrogens is 276 g/mol. The van der Waals surface area contributed by atoms with Crippen LogP contribution >= 0.6 is 0 Å². The van der Waals surface area contributed by atoms with Crippen LogP contribution in [0.4, 0.5) is 5.69 Å². The number of nitrogens with zero attached hydrogens (tertiary/aromatic N) is 2. The Kier molecular flexibility index (Phi) is 6.52. The van der Waals surface area contributed by atoms with E-state index in [1.165, 1.54) is 18.4 Å². The summed E-state index contributed by atoms with van der Waals surface area (Å²) in [5.74, 6) is 0.903. The Hall–Kier alpha value is -1.26. The van der Waals surface area contributed by atoms with E-state index in [0.717, 1.165) is 37.6 Å². The second-order valence-electron chi connectivity index (χ2n) is 6.12. The van der Waals surface area contributed by atoms with Crippen molar-refractivity contribution < 1.29 is 9.84 Å². The number of aryl methyl sites for hydroxylation is 1. The third-order valence-corrected chi connectivity index (χ3v) is 4.36. The van der Waals surface area contributed by atoms with E-state index >= 15 is 0 Å². The van der Waals surface area contributed by atoms with E-state index in [9.17, 15) is 5.11 Å². The van der Waals surface area contributed by atoms with Crippen LogP contribution in [0.5, 0.6) is 5.75 Å². The normalized spacial score (nSPS) is 16.3. The Balaban J connectivity index is 1.97. The molecule has 1 atom stereocenters. The maximum absolute atomic E-state index is 10.2. The van der Waals surface area contributed by atoms with Crippen molar-refractivity contribution in [3.63, 3.8) is 0 Å². The summed E-state index contributed by atoms with van der Waals surface area (Å²) in [6, 6.07) is 6.36. The maximum atomic E-state index is 10.2. The molecule has 2 rings (SSSR count). The summed E-state index contributed by atoms with van der Waals surface area (Å²) in [6.45, 7) is 11.4. The number of benzene rings is 1. The van der Waals surface area contributed by atoms with Crippen molar-refractivity contribution in [2.75, 3.05) is 44.2 Å². The molecule has 1 saturated heterocycles. The molecule has 0 radical (unpaired) electrons. The van der Waals surface area contributed by atoms with Gasteiger partial charge in [-0.15, -0.1) is 0 Å². The third-order valence-electron chi connectivity index (χ3n) is 4.36. The molecule has 1 aliphatic rings. The summed E-state index contributed by atoms with van der Waals surface area (Å²) in [6.07, 6.45) is 2.04. The number of hydrogen-bond acceptors (Lipinski definition) is 4. The number of hydrogen-bond donors (Lipinski definition) is 1. The fourth-order valence-corrected chi connectivity index (χ4v) is 2.97. The van der Waals surface area contributed by atoms with E-state index in [1.807, 2.05) is 0 Å². The van der Waals surface area contributed by atoms with Gasteiger partial charge in [-0.05, 0) is 50.6 Å². The van der Waals surface area contributed by atoms with E-state index in [0.29, 0.717) is 13.2 Å². The molecule has 0 spiro atoms. The molecule has 4 nitrogen and oxygen atoms in total. The number of aliphatic hydroxyl groups excluding tert-OH is 1. The van der Waals surface area contributed by atoms with Crippen molar-refractivity contribution >= 4 is 5.69 Å². The van der Waals surface area contributed by atoms with Crippen LogP contribution in [-0.2, 0) is 0 Å². The average molecular weight is 306 g/mol. The van der Waals surface area contributed by atoms with Gasteiger partial charge in [0.2, 0.25) is 0 Å². The SMILES string of the molecule is CCN(CC)CC(O)COc1cc(C)ccc1N1CCCC1. The monoisotopic (exact) mass is 306 g/mol. The Morgan fingerprint density at radius 2 is 1.91 bits per heavy atom. The van der Waals surface area contributed by atoms with Gasteiger partial charge in [-0.3, -0.25) is 0 Å². The first-order valence-corrected chi connectivity index (χ1v) is 8.52. The first kappa shape index (κ1) is 17.1. The van der Waals surface area contributed by atoms with Crippen LogP contribution in [-0.4, -0.2) is 55.4 Å². The van der Waals surface area contributed by atoms with Crippen LogP contribution < -0.4 is 9.64 Å². The minimum Gasteiger partial charge on any atom is -0.489 e. The fraction of sp³-hybridized carbons (Fsp3) is 0.667. The van der Waals surface area contributed by atoms with Gasteiger partial charge in [-0.25, -0.2) is 0 Å². The predicted octanol–water partition coefficient (Wildman–Crippen LogP) is 2.68. The van der Waals surface area contributed by atoms with Crippen LogP contribution in [0.25, 0.3) is 0 Å². The summed E-state index contributed by atoms with van der Waals surface area (Å²) < 4.78 is 5.96. The molecule has 1 unspecified atom stereocenters. The summed E-state index contributed by atoms with van der Waals surface area (Å²) in [5, 5.41) is 10.2. The number of likely N-dealkylation sites (N-methyl/N-ethyl adjacent to an activating group) is 1. The molecule has 0 saturated carbocycles. The van der Waals surface area contributed by atoms with Crippen molar-refractivity contribution in [3.8, 4) is 5.75 Å². The molecular formula is C18H30N2O2. The standard InChI is InChI=1S/C18H30N2O2/c1-4-19(5-2)13-16(21)14-22-18-12-15(3)8-9-17(18)20-10-6-7-11-20/h8-9,12,16,21H,4-7,10-11,13-14H2,1-3H3. The Bertz CT molecular complexity index is 454. The molecule has 1 fully saturated rings. The molecule has 124 valence electrons. The molecule has 0 amide bonds. The molecule has 1 heterocycles. The van der Waals surface area contributed by atoms with Gasteiger partial charge in [0.15, 0.2) is 0 Å². The van der Waals surface area contributed by atoms with E-state index in [4.69, 9.17) is 4.74 Å².